The molecule has 0 aliphatic carbocycles. The highest BCUT2D eigenvalue weighted by molar-refractivity contribution is 5.89. The van der Waals surface area contributed by atoms with Gasteiger partial charge in [0, 0.05) is 6.54 Å². The van der Waals surface area contributed by atoms with E-state index in [2.05, 4.69) is 5.32 Å². The lowest BCUT2D eigenvalue weighted by molar-refractivity contribution is 0.189. The third-order valence-electron chi connectivity index (χ3n) is 5.81. The van der Waals surface area contributed by atoms with E-state index in [0.29, 0.717) is 41.1 Å². The number of hydrogen-bond donors (Lipinski definition) is 1. The van der Waals surface area contributed by atoms with E-state index in [0.717, 1.165) is 0 Å². The van der Waals surface area contributed by atoms with Crippen molar-refractivity contribution in [3.05, 3.63) is 94.8 Å². The summed E-state index contributed by atoms with van der Waals surface area (Å²) in [6.45, 7) is 4.12. The molecule has 8 heteroatoms. The van der Waals surface area contributed by atoms with Crippen molar-refractivity contribution >= 4 is 22.6 Å². The summed E-state index contributed by atoms with van der Waals surface area (Å²) in [6, 6.07) is 19.1. The summed E-state index contributed by atoms with van der Waals surface area (Å²) in [7, 11) is 1.53. The summed E-state index contributed by atoms with van der Waals surface area (Å²) >= 11 is 0. The van der Waals surface area contributed by atoms with Crippen molar-refractivity contribution in [1.29, 1.82) is 0 Å². The van der Waals surface area contributed by atoms with E-state index in [1.807, 2.05) is 25.1 Å². The number of anilines is 1. The Bertz CT molecular complexity index is 1420. The normalized spacial score (nSPS) is 11.8. The zero-order chi connectivity index (χ0) is 24.9. The first kappa shape index (κ1) is 23.9. The predicted octanol–water partition coefficient (Wildman–Crippen LogP) is 5.54. The molecule has 0 saturated carbocycles. The maximum absolute atomic E-state index is 14.2. The molecule has 1 N–H and O–H groups in total. The zero-order valence-corrected chi connectivity index (χ0v) is 19.9. The number of methoxy groups -OCH3 is 1. The molecular weight excluding hydrogens is 447 g/mol. The lowest BCUT2D eigenvalue weighted by atomic mass is 10.1. The molecule has 180 valence electrons. The quantitative estimate of drug-likeness (QED) is 0.382. The lowest BCUT2D eigenvalue weighted by Crippen LogP contribution is -2.40. The minimum absolute atomic E-state index is 0.0828. The van der Waals surface area contributed by atoms with Gasteiger partial charge in [-0.1, -0.05) is 43.3 Å². The van der Waals surface area contributed by atoms with Crippen LogP contribution in [0.4, 0.5) is 14.9 Å². The van der Waals surface area contributed by atoms with Crippen LogP contribution in [0.2, 0.25) is 0 Å². The average Bonchev–Trinajstić information content (AvgIpc) is 2.88. The molecule has 1 unspecified atom stereocenters. The van der Waals surface area contributed by atoms with Crippen LogP contribution in [0.5, 0.6) is 5.75 Å². The van der Waals surface area contributed by atoms with Crippen molar-refractivity contribution in [1.82, 2.24) is 14.5 Å². The number of benzene rings is 3. The Kier molecular flexibility index (Phi) is 7.10. The minimum Gasteiger partial charge on any atom is -0.495 e. The van der Waals surface area contributed by atoms with Crippen molar-refractivity contribution < 1.29 is 13.9 Å². The van der Waals surface area contributed by atoms with Gasteiger partial charge in [0.2, 0.25) is 0 Å². The third-order valence-corrected chi connectivity index (χ3v) is 5.81. The van der Waals surface area contributed by atoms with Gasteiger partial charge in [0.05, 0.1) is 35.4 Å². The van der Waals surface area contributed by atoms with Crippen LogP contribution in [-0.4, -0.2) is 34.1 Å². The molecule has 0 aliphatic heterocycles. The van der Waals surface area contributed by atoms with Crippen molar-refractivity contribution in [2.24, 2.45) is 0 Å². The fourth-order valence-electron chi connectivity index (χ4n) is 4.08. The van der Waals surface area contributed by atoms with Crippen LogP contribution in [-0.2, 0) is 0 Å². The van der Waals surface area contributed by atoms with E-state index in [9.17, 15) is 14.0 Å². The van der Waals surface area contributed by atoms with Gasteiger partial charge in [-0.05, 0) is 49.7 Å². The number of nitrogens with zero attached hydrogens (tertiary/aromatic N) is 3. The highest BCUT2D eigenvalue weighted by Gasteiger charge is 2.27. The van der Waals surface area contributed by atoms with Gasteiger partial charge >= 0.3 is 6.03 Å². The van der Waals surface area contributed by atoms with Gasteiger partial charge in [-0.2, -0.15) is 0 Å². The SMILES string of the molecule is CCCN(C(=O)Nc1ccccc1F)C(C)c1nc2ccccc2c(=O)n1-c1ccccc1OC. The molecule has 7 nitrogen and oxygen atoms in total. The number of ether oxygens (including phenoxy) is 1. The van der Waals surface area contributed by atoms with Gasteiger partial charge in [-0.3, -0.25) is 9.36 Å². The number of amides is 2. The molecule has 0 spiro atoms. The molecule has 0 bridgehead atoms. The van der Waals surface area contributed by atoms with Gasteiger partial charge in [0.15, 0.2) is 0 Å². The number of hydrogen-bond acceptors (Lipinski definition) is 4. The Balaban J connectivity index is 1.87. The van der Waals surface area contributed by atoms with Gasteiger partial charge in [-0.15, -0.1) is 0 Å². The second kappa shape index (κ2) is 10.4. The van der Waals surface area contributed by atoms with Crippen LogP contribution in [0.15, 0.2) is 77.6 Å². The van der Waals surface area contributed by atoms with Gasteiger partial charge < -0.3 is 15.0 Å². The number of para-hydroxylation sites is 4. The molecule has 4 rings (SSSR count). The highest BCUT2D eigenvalue weighted by atomic mass is 19.1. The molecule has 0 radical (unpaired) electrons. The number of carbonyl (C=O) groups is 1. The van der Waals surface area contributed by atoms with Crippen molar-refractivity contribution in [2.45, 2.75) is 26.3 Å². The van der Waals surface area contributed by atoms with Crippen LogP contribution in [0, 0.1) is 5.82 Å². The van der Waals surface area contributed by atoms with E-state index >= 15 is 0 Å². The maximum atomic E-state index is 14.2. The number of fused-ring (bicyclic) bond motifs is 1. The van der Waals surface area contributed by atoms with Gasteiger partial charge in [0.1, 0.15) is 17.4 Å². The first-order valence-electron chi connectivity index (χ1n) is 11.4. The van der Waals surface area contributed by atoms with Crippen LogP contribution < -0.4 is 15.6 Å². The van der Waals surface area contributed by atoms with Crippen molar-refractivity contribution in [3.8, 4) is 11.4 Å². The van der Waals surface area contributed by atoms with Crippen LogP contribution in [0.1, 0.15) is 32.1 Å². The second-order valence-electron chi connectivity index (χ2n) is 8.08. The van der Waals surface area contributed by atoms with Crippen molar-refractivity contribution in [2.75, 3.05) is 19.0 Å². The van der Waals surface area contributed by atoms with E-state index in [4.69, 9.17) is 9.72 Å². The molecule has 1 heterocycles. The summed E-state index contributed by atoms with van der Waals surface area (Å²) in [6.07, 6.45) is 0.654. The number of carbonyl (C=O) groups excluding carboxylic acids is 1. The fourth-order valence-corrected chi connectivity index (χ4v) is 4.08. The number of urea groups is 1. The monoisotopic (exact) mass is 474 g/mol. The molecule has 0 aliphatic rings. The van der Waals surface area contributed by atoms with E-state index in [-0.39, 0.29) is 11.2 Å². The second-order valence-corrected chi connectivity index (χ2v) is 8.08. The first-order valence-corrected chi connectivity index (χ1v) is 11.4. The predicted molar refractivity (Wildman–Crippen MR) is 135 cm³/mol. The number of halogens is 1. The average molecular weight is 475 g/mol. The highest BCUT2D eigenvalue weighted by Crippen LogP contribution is 2.28. The summed E-state index contributed by atoms with van der Waals surface area (Å²) < 4.78 is 21.2. The molecule has 1 aromatic heterocycles. The number of nitrogens with one attached hydrogen (secondary N) is 1. The largest absolute Gasteiger partial charge is 0.495 e. The smallest absolute Gasteiger partial charge is 0.322 e. The molecule has 35 heavy (non-hydrogen) atoms. The summed E-state index contributed by atoms with van der Waals surface area (Å²) in [4.78, 5) is 33.4. The zero-order valence-electron chi connectivity index (χ0n) is 19.9. The van der Waals surface area contributed by atoms with Gasteiger partial charge in [-0.25, -0.2) is 14.2 Å². The first-order chi connectivity index (χ1) is 17.0. The molecule has 0 fully saturated rings. The fraction of sp³-hybridized carbons (Fsp3) is 0.222. The Morgan fingerprint density at radius 2 is 1.77 bits per heavy atom. The van der Waals surface area contributed by atoms with Crippen LogP contribution in [0.25, 0.3) is 16.6 Å². The summed E-state index contributed by atoms with van der Waals surface area (Å²) in [5.74, 6) is 0.341. The molecule has 1 atom stereocenters. The standard InChI is InChI=1S/C27H27FN4O3/c1-4-17-31(27(34)30-22-14-8-6-12-20(22)28)18(2)25-29-21-13-7-5-11-19(21)26(33)32(25)23-15-9-10-16-24(23)35-3/h5-16,18H,4,17H2,1-3H3,(H,30,34). The summed E-state index contributed by atoms with van der Waals surface area (Å²) in [5, 5.41) is 3.10. The van der Waals surface area contributed by atoms with E-state index in [1.165, 1.54) is 23.8 Å². The topological polar surface area (TPSA) is 76.5 Å². The Hall–Kier alpha value is -4.20. The van der Waals surface area contributed by atoms with Crippen LogP contribution >= 0.6 is 0 Å². The third kappa shape index (κ3) is 4.73. The molecule has 2 amide bonds. The van der Waals surface area contributed by atoms with Crippen molar-refractivity contribution in [3.63, 3.8) is 0 Å². The molecule has 4 aromatic rings. The maximum Gasteiger partial charge on any atom is 0.322 e. The Morgan fingerprint density at radius 1 is 1.09 bits per heavy atom. The Labute approximate surface area is 202 Å². The minimum atomic E-state index is -0.621. The summed E-state index contributed by atoms with van der Waals surface area (Å²) in [5.41, 5.74) is 0.856. The van der Waals surface area contributed by atoms with Gasteiger partial charge in [0.25, 0.3) is 5.56 Å². The Morgan fingerprint density at radius 3 is 2.51 bits per heavy atom. The molecule has 0 saturated heterocycles. The number of rotatable bonds is 7. The van der Waals surface area contributed by atoms with E-state index in [1.54, 1.807) is 54.3 Å². The van der Waals surface area contributed by atoms with Crippen LogP contribution in [0.3, 0.4) is 0 Å². The molecular formula is C27H27FN4O3. The molecule has 3 aromatic carbocycles. The number of aromatic nitrogens is 2. The van der Waals surface area contributed by atoms with E-state index < -0.39 is 17.9 Å². The lowest BCUT2D eigenvalue weighted by Gasteiger charge is -2.30.